The van der Waals surface area contributed by atoms with E-state index in [0.717, 1.165) is 3.51 Å². The third-order valence-electron chi connectivity index (χ3n) is 1.91. The van der Waals surface area contributed by atoms with E-state index in [-0.39, 0.29) is 0 Å². The van der Waals surface area contributed by atoms with Crippen molar-refractivity contribution < 1.29 is 8.78 Å². The van der Waals surface area contributed by atoms with Gasteiger partial charge in [-0.3, -0.25) is 0 Å². The number of fused-ring (bicyclic) bond motifs is 1. The number of halogens is 2. The Hall–Kier alpha value is -0.832. The fourth-order valence-corrected chi connectivity index (χ4v) is 1.79. The molecule has 3 nitrogen and oxygen atoms in total. The third kappa shape index (κ3) is 2.07. The van der Waals surface area contributed by atoms with E-state index in [4.69, 9.17) is 0 Å². The molecule has 15 heavy (non-hydrogen) atoms. The van der Waals surface area contributed by atoms with Crippen LogP contribution in [0.3, 0.4) is 0 Å². The molecule has 0 unspecified atom stereocenters. The molecule has 0 aliphatic rings. The zero-order chi connectivity index (χ0) is 11.0. The quantitative estimate of drug-likeness (QED) is 0.739. The number of alkyl halides is 2. The Morgan fingerprint density at radius 3 is 2.73 bits per heavy atom. The van der Waals surface area contributed by atoms with E-state index >= 15 is 0 Å². The molecule has 6 heteroatoms. The summed E-state index contributed by atoms with van der Waals surface area (Å²) in [6.45, 7) is 1.66. The topological polar surface area (TPSA) is 38.7 Å². The van der Waals surface area contributed by atoms with Gasteiger partial charge in [-0.05, 0) is 0 Å². The zero-order valence-electron chi connectivity index (χ0n) is 7.78. The van der Waals surface area contributed by atoms with Crippen LogP contribution in [0.4, 0.5) is 8.78 Å². The molecule has 2 heterocycles. The molecule has 0 amide bonds. The molecule has 2 aromatic heterocycles. The predicted molar refractivity (Wildman–Crippen MR) is 52.4 cm³/mol. The number of pyridine rings is 1. The third-order valence-corrected chi connectivity index (χ3v) is 2.61. The summed E-state index contributed by atoms with van der Waals surface area (Å²) in [5.74, 6) is -0.432. The van der Waals surface area contributed by atoms with Crippen LogP contribution >= 0.6 is 0 Å². The summed E-state index contributed by atoms with van der Waals surface area (Å²) in [6, 6.07) is 1.75. The predicted octanol–water partition coefficient (Wildman–Crippen LogP) is 1.06. The second kappa shape index (κ2) is 3.97. The molecular weight excluding hydrogens is 310 g/mol. The molecule has 0 aliphatic carbocycles. The molecule has 0 bridgehead atoms. The van der Waals surface area contributed by atoms with Gasteiger partial charge in [0.2, 0.25) is 0 Å². The van der Waals surface area contributed by atoms with Crippen LogP contribution in [-0.2, 0) is 0 Å². The Labute approximate surface area is 98.4 Å². The molecule has 2 radical (unpaired) electrons. The minimum absolute atomic E-state index is 0.432. The van der Waals surface area contributed by atoms with Gasteiger partial charge in [-0.1, -0.05) is 0 Å². The first-order chi connectivity index (χ1) is 7.08. The number of rotatable bonds is 1. The fourth-order valence-electron chi connectivity index (χ4n) is 1.28. The SMILES string of the molecule is Cc1nc(C(F)F)nc2c[c]([Sb])cnc12. The van der Waals surface area contributed by atoms with Crippen LogP contribution in [0.25, 0.3) is 11.0 Å². The molecule has 76 valence electrons. The Morgan fingerprint density at radius 1 is 1.33 bits per heavy atom. The zero-order valence-corrected chi connectivity index (χ0v) is 10.3. The van der Waals surface area contributed by atoms with Crippen LogP contribution in [0.1, 0.15) is 17.9 Å². The Kier molecular flexibility index (Phi) is 2.82. The molecule has 0 aromatic carbocycles. The van der Waals surface area contributed by atoms with Gasteiger partial charge in [-0.25, -0.2) is 0 Å². The average Bonchev–Trinajstić information content (AvgIpc) is 2.16. The van der Waals surface area contributed by atoms with E-state index in [2.05, 4.69) is 15.0 Å². The summed E-state index contributed by atoms with van der Waals surface area (Å²) in [7, 11) is 0. The van der Waals surface area contributed by atoms with Crippen LogP contribution in [0.5, 0.6) is 0 Å². The van der Waals surface area contributed by atoms with E-state index in [1.165, 1.54) is 23.0 Å². The van der Waals surface area contributed by atoms with E-state index in [9.17, 15) is 8.78 Å². The Bertz CT molecular complexity index is 516. The number of hydrogen-bond acceptors (Lipinski definition) is 3. The molecule has 0 atom stereocenters. The minimum atomic E-state index is -2.64. The van der Waals surface area contributed by atoms with Gasteiger partial charge in [0, 0.05) is 0 Å². The van der Waals surface area contributed by atoms with E-state index in [1.807, 2.05) is 0 Å². The van der Waals surface area contributed by atoms with Crippen molar-refractivity contribution in [2.45, 2.75) is 13.3 Å². The number of hydrogen-bond donors (Lipinski definition) is 0. The molecule has 0 saturated heterocycles. The summed E-state index contributed by atoms with van der Waals surface area (Å²) in [5, 5.41) is 0. The Morgan fingerprint density at radius 2 is 2.07 bits per heavy atom. The molecule has 0 aliphatic heterocycles. The summed E-state index contributed by atoms with van der Waals surface area (Å²) in [6.07, 6.45) is -0.951. The van der Waals surface area contributed by atoms with Crippen molar-refractivity contribution in [3.63, 3.8) is 0 Å². The maximum atomic E-state index is 12.4. The summed E-state index contributed by atoms with van der Waals surface area (Å²) in [5.41, 5.74) is 1.55. The van der Waals surface area contributed by atoms with Crippen molar-refractivity contribution in [2.24, 2.45) is 0 Å². The normalized spacial score (nSPS) is 11.3. The van der Waals surface area contributed by atoms with Crippen LogP contribution in [0.15, 0.2) is 12.3 Å². The molecule has 0 spiro atoms. The van der Waals surface area contributed by atoms with Gasteiger partial charge in [0.1, 0.15) is 0 Å². The van der Waals surface area contributed by atoms with E-state index < -0.39 is 12.2 Å². The number of aryl methyl sites for hydroxylation is 1. The Balaban J connectivity index is 2.74. The second-order valence-corrected chi connectivity index (χ2v) is 4.50. The van der Waals surface area contributed by atoms with Gasteiger partial charge in [0.15, 0.2) is 0 Å². The van der Waals surface area contributed by atoms with Gasteiger partial charge < -0.3 is 0 Å². The van der Waals surface area contributed by atoms with E-state index in [0.29, 0.717) is 16.7 Å². The van der Waals surface area contributed by atoms with Crippen LogP contribution < -0.4 is 3.51 Å². The standard InChI is InChI=1S/C9H6F2N3.Sb/c1-5-7-6(3-2-4-12-7)14-9(13-5)8(10)11;/h3-4,8H,1H3;. The van der Waals surface area contributed by atoms with Gasteiger partial charge >= 0.3 is 98.4 Å². The van der Waals surface area contributed by atoms with Gasteiger partial charge in [0.25, 0.3) is 0 Å². The van der Waals surface area contributed by atoms with Crippen molar-refractivity contribution in [2.75, 3.05) is 0 Å². The molecule has 0 fully saturated rings. The summed E-state index contributed by atoms with van der Waals surface area (Å²) in [4.78, 5) is 11.6. The fraction of sp³-hybridized carbons (Fsp3) is 0.222. The molecule has 2 aromatic rings. The van der Waals surface area contributed by atoms with Gasteiger partial charge in [-0.15, -0.1) is 0 Å². The monoisotopic (exact) mass is 315 g/mol. The summed E-state index contributed by atoms with van der Waals surface area (Å²) < 4.78 is 25.8. The molecular formula is C9H6F2N3Sb. The van der Waals surface area contributed by atoms with Crippen molar-refractivity contribution in [3.8, 4) is 0 Å². The van der Waals surface area contributed by atoms with Crippen LogP contribution in [0, 0.1) is 6.92 Å². The second-order valence-electron chi connectivity index (χ2n) is 3.03. The number of aromatic nitrogens is 3. The molecule has 0 saturated carbocycles. The maximum absolute atomic E-state index is 12.4. The van der Waals surface area contributed by atoms with Crippen LogP contribution in [0.2, 0.25) is 0 Å². The van der Waals surface area contributed by atoms with Gasteiger partial charge in [-0.2, -0.15) is 0 Å². The van der Waals surface area contributed by atoms with E-state index in [1.54, 1.807) is 19.2 Å². The van der Waals surface area contributed by atoms with Crippen molar-refractivity contribution >= 4 is 37.6 Å². The van der Waals surface area contributed by atoms with Gasteiger partial charge in [0.05, 0.1) is 0 Å². The van der Waals surface area contributed by atoms with Crippen LogP contribution in [-0.4, -0.2) is 38.0 Å². The first kappa shape index (κ1) is 10.7. The molecule has 2 rings (SSSR count). The number of nitrogens with zero attached hydrogens (tertiary/aromatic N) is 3. The molecule has 0 N–H and O–H groups in total. The average molecular weight is 316 g/mol. The van der Waals surface area contributed by atoms with Crippen molar-refractivity contribution in [1.29, 1.82) is 0 Å². The summed E-state index contributed by atoms with van der Waals surface area (Å²) >= 11 is 1.47. The van der Waals surface area contributed by atoms with Crippen molar-refractivity contribution in [1.82, 2.24) is 15.0 Å². The first-order valence-corrected chi connectivity index (χ1v) is 5.47. The first-order valence-electron chi connectivity index (χ1n) is 4.19. The van der Waals surface area contributed by atoms with Crippen molar-refractivity contribution in [3.05, 3.63) is 23.8 Å².